The summed E-state index contributed by atoms with van der Waals surface area (Å²) >= 11 is 11.7. The molecule has 0 aliphatic carbocycles. The molecule has 84 valence electrons. The molecular weight excluding hydrogens is 249 g/mol. The highest BCUT2D eigenvalue weighted by Crippen LogP contribution is 2.27. The summed E-state index contributed by atoms with van der Waals surface area (Å²) in [4.78, 5) is 4.01. The summed E-state index contributed by atoms with van der Waals surface area (Å²) in [6.07, 6.45) is 3.83. The smallest absolute Gasteiger partial charge is 0.125 e. The van der Waals surface area contributed by atoms with E-state index in [9.17, 15) is 5.11 Å². The summed E-state index contributed by atoms with van der Waals surface area (Å²) in [6, 6.07) is 1.55. The summed E-state index contributed by atoms with van der Waals surface area (Å²) in [6.45, 7) is 0. The maximum absolute atomic E-state index is 10.0. The van der Waals surface area contributed by atoms with Gasteiger partial charge in [-0.25, -0.2) is 0 Å². The molecule has 0 fully saturated rings. The van der Waals surface area contributed by atoms with Crippen molar-refractivity contribution in [2.75, 3.05) is 0 Å². The second kappa shape index (κ2) is 4.41. The van der Waals surface area contributed by atoms with Gasteiger partial charge >= 0.3 is 0 Å². The predicted molar refractivity (Wildman–Crippen MR) is 61.5 cm³/mol. The van der Waals surface area contributed by atoms with Gasteiger partial charge in [0, 0.05) is 25.0 Å². The Hall–Kier alpha value is -1.10. The van der Waals surface area contributed by atoms with E-state index in [1.165, 1.54) is 6.20 Å². The Morgan fingerprint density at radius 2 is 2.12 bits per heavy atom. The fraction of sp³-hybridized carbons (Fsp3) is 0.200. The Balaban J connectivity index is 2.37. The second-order valence-corrected chi connectivity index (χ2v) is 4.21. The topological polar surface area (TPSA) is 50.9 Å². The molecule has 16 heavy (non-hydrogen) atoms. The normalized spacial score (nSPS) is 12.8. The molecule has 0 aromatic carbocycles. The Bertz CT molecular complexity index is 513. The van der Waals surface area contributed by atoms with E-state index >= 15 is 0 Å². The van der Waals surface area contributed by atoms with Gasteiger partial charge in [0.2, 0.25) is 0 Å². The van der Waals surface area contributed by atoms with Gasteiger partial charge in [0.05, 0.1) is 21.9 Å². The van der Waals surface area contributed by atoms with Crippen molar-refractivity contribution in [3.8, 4) is 0 Å². The molecule has 0 bridgehead atoms. The molecule has 0 saturated heterocycles. The number of nitrogens with zero attached hydrogens (tertiary/aromatic N) is 3. The van der Waals surface area contributed by atoms with Crippen LogP contribution in [0.3, 0.4) is 0 Å². The van der Waals surface area contributed by atoms with Gasteiger partial charge in [0.1, 0.15) is 6.10 Å². The second-order valence-electron chi connectivity index (χ2n) is 3.37. The number of aliphatic hydroxyl groups excluding tert-OH is 1. The van der Waals surface area contributed by atoms with E-state index < -0.39 is 6.10 Å². The van der Waals surface area contributed by atoms with Crippen LogP contribution in [0.15, 0.2) is 24.7 Å². The van der Waals surface area contributed by atoms with Crippen molar-refractivity contribution in [1.82, 2.24) is 14.8 Å². The molecule has 0 saturated carbocycles. The average Bonchev–Trinajstić information content (AvgIpc) is 2.64. The molecule has 1 N–H and O–H groups in total. The quantitative estimate of drug-likeness (QED) is 0.898. The van der Waals surface area contributed by atoms with Gasteiger partial charge in [0.15, 0.2) is 0 Å². The molecule has 0 aliphatic rings. The molecule has 2 aromatic rings. The number of halogens is 2. The zero-order chi connectivity index (χ0) is 11.7. The fourth-order valence-electron chi connectivity index (χ4n) is 1.37. The predicted octanol–water partition coefficient (Wildman–Crippen LogP) is 2.20. The van der Waals surface area contributed by atoms with Gasteiger partial charge in [-0.15, -0.1) is 0 Å². The Kier molecular flexibility index (Phi) is 3.14. The zero-order valence-electron chi connectivity index (χ0n) is 8.43. The van der Waals surface area contributed by atoms with Gasteiger partial charge in [-0.2, -0.15) is 5.10 Å². The average molecular weight is 258 g/mol. The van der Waals surface area contributed by atoms with E-state index in [1.807, 2.05) is 0 Å². The number of aromatic nitrogens is 3. The number of hydrogen-bond donors (Lipinski definition) is 1. The first-order valence-corrected chi connectivity index (χ1v) is 5.31. The van der Waals surface area contributed by atoms with Crippen molar-refractivity contribution in [3.63, 3.8) is 0 Å². The van der Waals surface area contributed by atoms with Crippen LogP contribution in [0.25, 0.3) is 0 Å². The minimum absolute atomic E-state index is 0.337. The molecule has 4 nitrogen and oxygen atoms in total. The van der Waals surface area contributed by atoms with Crippen molar-refractivity contribution in [1.29, 1.82) is 0 Å². The highest BCUT2D eigenvalue weighted by atomic mass is 35.5. The SMILES string of the molecule is Cn1cc(C(O)c2ncc(Cl)cc2Cl)cn1. The summed E-state index contributed by atoms with van der Waals surface area (Å²) in [5.74, 6) is 0. The lowest BCUT2D eigenvalue weighted by Crippen LogP contribution is -2.02. The van der Waals surface area contributed by atoms with E-state index in [2.05, 4.69) is 10.1 Å². The van der Waals surface area contributed by atoms with Gasteiger partial charge in [-0.3, -0.25) is 9.67 Å². The molecule has 2 aromatic heterocycles. The molecule has 0 amide bonds. The monoisotopic (exact) mass is 257 g/mol. The van der Waals surface area contributed by atoms with E-state index in [0.29, 0.717) is 21.3 Å². The van der Waals surface area contributed by atoms with Crippen LogP contribution >= 0.6 is 23.2 Å². The Morgan fingerprint density at radius 3 is 2.69 bits per heavy atom. The van der Waals surface area contributed by atoms with Crippen LogP contribution in [0.5, 0.6) is 0 Å². The summed E-state index contributed by atoms with van der Waals surface area (Å²) in [7, 11) is 1.77. The third kappa shape index (κ3) is 2.19. The number of aryl methyl sites for hydroxylation is 1. The number of rotatable bonds is 2. The van der Waals surface area contributed by atoms with Gasteiger partial charge in [-0.05, 0) is 6.07 Å². The minimum Gasteiger partial charge on any atom is -0.382 e. The van der Waals surface area contributed by atoms with E-state index in [1.54, 1.807) is 30.2 Å². The van der Waals surface area contributed by atoms with Crippen molar-refractivity contribution in [3.05, 3.63) is 46.0 Å². The molecular formula is C10H9Cl2N3O. The first-order chi connectivity index (χ1) is 7.58. The molecule has 0 radical (unpaired) electrons. The van der Waals surface area contributed by atoms with Crippen LogP contribution in [0.2, 0.25) is 10.0 Å². The van der Waals surface area contributed by atoms with Crippen LogP contribution in [0.1, 0.15) is 17.4 Å². The van der Waals surface area contributed by atoms with Gasteiger partial charge in [-0.1, -0.05) is 23.2 Å². The molecule has 0 aliphatic heterocycles. The molecule has 0 spiro atoms. The van der Waals surface area contributed by atoms with Gasteiger partial charge < -0.3 is 5.11 Å². The molecule has 1 unspecified atom stereocenters. The summed E-state index contributed by atoms with van der Waals surface area (Å²) < 4.78 is 1.60. The lowest BCUT2D eigenvalue weighted by atomic mass is 10.1. The molecule has 2 rings (SSSR count). The highest BCUT2D eigenvalue weighted by molar-refractivity contribution is 6.34. The standard InChI is InChI=1S/C10H9Cl2N3O/c1-15-5-6(3-14-15)10(16)9-8(12)2-7(11)4-13-9/h2-5,10,16H,1H3. The summed E-state index contributed by atoms with van der Waals surface area (Å²) in [5, 5.41) is 14.8. The minimum atomic E-state index is -0.890. The number of aliphatic hydroxyl groups is 1. The van der Waals surface area contributed by atoms with E-state index in [4.69, 9.17) is 23.2 Å². The maximum Gasteiger partial charge on any atom is 0.125 e. The van der Waals surface area contributed by atoms with Crippen LogP contribution in [0, 0.1) is 0 Å². The third-order valence-corrected chi connectivity index (χ3v) is 2.65. The lowest BCUT2D eigenvalue weighted by Gasteiger charge is -2.09. The molecule has 2 heterocycles. The third-order valence-electron chi connectivity index (χ3n) is 2.14. The van der Waals surface area contributed by atoms with Crippen LogP contribution in [-0.2, 0) is 7.05 Å². The van der Waals surface area contributed by atoms with Crippen LogP contribution in [0.4, 0.5) is 0 Å². The fourth-order valence-corrected chi connectivity index (χ4v) is 1.85. The Morgan fingerprint density at radius 1 is 1.38 bits per heavy atom. The largest absolute Gasteiger partial charge is 0.382 e. The van der Waals surface area contributed by atoms with E-state index in [0.717, 1.165) is 0 Å². The first-order valence-electron chi connectivity index (χ1n) is 4.55. The van der Waals surface area contributed by atoms with Gasteiger partial charge in [0.25, 0.3) is 0 Å². The number of hydrogen-bond acceptors (Lipinski definition) is 3. The zero-order valence-corrected chi connectivity index (χ0v) is 9.94. The maximum atomic E-state index is 10.0. The van der Waals surface area contributed by atoms with Crippen LogP contribution in [-0.4, -0.2) is 19.9 Å². The highest BCUT2D eigenvalue weighted by Gasteiger charge is 2.17. The lowest BCUT2D eigenvalue weighted by molar-refractivity contribution is 0.215. The Labute approximate surface area is 102 Å². The van der Waals surface area contributed by atoms with Crippen molar-refractivity contribution in [2.24, 2.45) is 7.05 Å². The van der Waals surface area contributed by atoms with E-state index in [-0.39, 0.29) is 0 Å². The van der Waals surface area contributed by atoms with Crippen molar-refractivity contribution < 1.29 is 5.11 Å². The van der Waals surface area contributed by atoms with Crippen molar-refractivity contribution >= 4 is 23.2 Å². The molecule has 6 heteroatoms. The van der Waals surface area contributed by atoms with Crippen LogP contribution < -0.4 is 0 Å². The first kappa shape index (κ1) is 11.4. The molecule has 1 atom stereocenters. The summed E-state index contributed by atoms with van der Waals surface area (Å²) in [5.41, 5.74) is 1.01. The van der Waals surface area contributed by atoms with Crippen molar-refractivity contribution in [2.45, 2.75) is 6.10 Å². The number of pyridine rings is 1.